The molecule has 0 aromatic carbocycles. The van der Waals surface area contributed by atoms with Crippen LogP contribution in [0, 0.1) is 0 Å². The Kier molecular flexibility index (Phi) is 2.18. The number of aliphatic hydroxyl groups excluding tert-OH is 1. The molecule has 0 saturated heterocycles. The monoisotopic (exact) mass is 152 g/mol. The van der Waals surface area contributed by atoms with E-state index in [0.717, 1.165) is 0 Å². The van der Waals surface area contributed by atoms with E-state index in [4.69, 9.17) is 10.8 Å². The van der Waals surface area contributed by atoms with Crippen molar-refractivity contribution in [1.29, 1.82) is 0 Å². The summed E-state index contributed by atoms with van der Waals surface area (Å²) in [5, 5.41) is 8.59. The number of rotatable bonds is 2. The number of nitrogens with two attached hydrogens (primary N) is 1. The molecule has 0 unspecified atom stereocenters. The molecule has 4 nitrogen and oxygen atoms in total. The summed E-state index contributed by atoms with van der Waals surface area (Å²) in [6.45, 7) is -0.126. The molecule has 0 aliphatic heterocycles. The molecule has 58 valence electrons. The molecule has 0 fully saturated rings. The van der Waals surface area contributed by atoms with Gasteiger partial charge in [0, 0.05) is 6.20 Å². The van der Waals surface area contributed by atoms with Crippen LogP contribution < -0.4 is 5.73 Å². The number of carbonyl (C=O) groups is 1. The van der Waals surface area contributed by atoms with Gasteiger partial charge in [-0.15, -0.1) is 0 Å². The number of aromatic nitrogens is 1. The summed E-state index contributed by atoms with van der Waals surface area (Å²) >= 11 is 0. The molecular formula is C7H8N2O2. The second-order valence-electron chi connectivity index (χ2n) is 2.06. The van der Waals surface area contributed by atoms with E-state index in [0.29, 0.717) is 11.3 Å². The maximum Gasteiger partial charge on any atom is 0.250 e. The zero-order valence-electron chi connectivity index (χ0n) is 5.82. The Morgan fingerprint density at radius 2 is 2.36 bits per heavy atom. The van der Waals surface area contributed by atoms with Crippen molar-refractivity contribution in [1.82, 2.24) is 4.98 Å². The minimum absolute atomic E-state index is 0.126. The Bertz CT molecular complexity index is 256. The third kappa shape index (κ3) is 1.75. The van der Waals surface area contributed by atoms with E-state index in [1.165, 1.54) is 12.3 Å². The van der Waals surface area contributed by atoms with Crippen LogP contribution in [0.15, 0.2) is 18.3 Å². The average molecular weight is 152 g/mol. The highest BCUT2D eigenvalue weighted by atomic mass is 16.3. The number of nitrogens with zero attached hydrogens (tertiary/aromatic N) is 1. The maximum atomic E-state index is 10.5. The van der Waals surface area contributed by atoms with Gasteiger partial charge in [-0.1, -0.05) is 0 Å². The highest BCUT2D eigenvalue weighted by Gasteiger charge is 1.98. The summed E-state index contributed by atoms with van der Waals surface area (Å²) in [7, 11) is 0. The molecule has 3 N–H and O–H groups in total. The van der Waals surface area contributed by atoms with E-state index < -0.39 is 5.91 Å². The van der Waals surface area contributed by atoms with Crippen molar-refractivity contribution in [2.75, 3.05) is 0 Å². The van der Waals surface area contributed by atoms with Crippen LogP contribution in [-0.2, 0) is 6.61 Å². The number of primary amides is 1. The van der Waals surface area contributed by atoms with Crippen LogP contribution in [-0.4, -0.2) is 16.0 Å². The van der Waals surface area contributed by atoms with Crippen molar-refractivity contribution in [2.24, 2.45) is 5.73 Å². The molecule has 1 amide bonds. The standard InChI is InChI=1S/C7H8N2O2/c8-7(11)5-1-2-6(4-10)9-3-5/h1-3,10H,4H2,(H2,8,11). The molecular weight excluding hydrogens is 144 g/mol. The number of hydrogen-bond donors (Lipinski definition) is 2. The summed E-state index contributed by atoms with van der Waals surface area (Å²) in [6.07, 6.45) is 1.34. The van der Waals surface area contributed by atoms with Crippen LogP contribution in [0.2, 0.25) is 0 Å². The van der Waals surface area contributed by atoms with E-state index in [1.54, 1.807) is 6.07 Å². The maximum absolute atomic E-state index is 10.5. The van der Waals surface area contributed by atoms with E-state index in [9.17, 15) is 4.79 Å². The molecule has 0 bridgehead atoms. The van der Waals surface area contributed by atoms with Crippen LogP contribution in [0.4, 0.5) is 0 Å². The third-order valence-electron chi connectivity index (χ3n) is 1.27. The van der Waals surface area contributed by atoms with Crippen LogP contribution >= 0.6 is 0 Å². The SMILES string of the molecule is NC(=O)c1ccc(CO)nc1. The second-order valence-corrected chi connectivity index (χ2v) is 2.06. The van der Waals surface area contributed by atoms with Crippen LogP contribution in [0.1, 0.15) is 16.1 Å². The minimum atomic E-state index is -0.512. The van der Waals surface area contributed by atoms with Gasteiger partial charge in [-0.2, -0.15) is 0 Å². The lowest BCUT2D eigenvalue weighted by Gasteiger charge is -1.95. The summed E-state index contributed by atoms with van der Waals surface area (Å²) < 4.78 is 0. The summed E-state index contributed by atoms with van der Waals surface area (Å²) in [4.78, 5) is 14.3. The first kappa shape index (κ1) is 7.68. The molecule has 0 spiro atoms. The third-order valence-corrected chi connectivity index (χ3v) is 1.27. The van der Waals surface area contributed by atoms with Crippen molar-refractivity contribution in [3.05, 3.63) is 29.6 Å². The molecule has 1 aromatic heterocycles. The van der Waals surface area contributed by atoms with Gasteiger partial charge in [0.2, 0.25) is 5.91 Å². The lowest BCUT2D eigenvalue weighted by molar-refractivity contribution is 0.1000. The molecule has 0 saturated carbocycles. The molecule has 0 aliphatic rings. The fourth-order valence-corrected chi connectivity index (χ4v) is 0.664. The average Bonchev–Trinajstić information content (AvgIpc) is 2.05. The summed E-state index contributed by atoms with van der Waals surface area (Å²) in [5.41, 5.74) is 5.84. The normalized spacial score (nSPS) is 9.55. The second kappa shape index (κ2) is 3.12. The largest absolute Gasteiger partial charge is 0.390 e. The Hall–Kier alpha value is -1.42. The highest BCUT2D eigenvalue weighted by molar-refractivity contribution is 5.92. The number of carbonyl (C=O) groups excluding carboxylic acids is 1. The highest BCUT2D eigenvalue weighted by Crippen LogP contribution is 1.98. The Labute approximate surface area is 63.7 Å². The van der Waals surface area contributed by atoms with Crippen molar-refractivity contribution < 1.29 is 9.90 Å². The zero-order chi connectivity index (χ0) is 8.27. The molecule has 0 atom stereocenters. The minimum Gasteiger partial charge on any atom is -0.390 e. The predicted molar refractivity (Wildman–Crippen MR) is 38.7 cm³/mol. The smallest absolute Gasteiger partial charge is 0.250 e. The van der Waals surface area contributed by atoms with Gasteiger partial charge in [-0.05, 0) is 12.1 Å². The summed E-state index contributed by atoms with van der Waals surface area (Å²) in [5.74, 6) is -0.512. The van der Waals surface area contributed by atoms with Crippen molar-refractivity contribution in [3.63, 3.8) is 0 Å². The van der Waals surface area contributed by atoms with Gasteiger partial charge in [-0.25, -0.2) is 0 Å². The fraction of sp³-hybridized carbons (Fsp3) is 0.143. The first-order valence-electron chi connectivity index (χ1n) is 3.09. The molecule has 0 radical (unpaired) electrons. The molecule has 0 aliphatic carbocycles. The van der Waals surface area contributed by atoms with Gasteiger partial charge < -0.3 is 10.8 Å². The molecule has 1 heterocycles. The Morgan fingerprint density at radius 1 is 1.64 bits per heavy atom. The van der Waals surface area contributed by atoms with Gasteiger partial charge in [0.25, 0.3) is 0 Å². The van der Waals surface area contributed by atoms with Gasteiger partial charge in [-0.3, -0.25) is 9.78 Å². The van der Waals surface area contributed by atoms with Crippen LogP contribution in [0.3, 0.4) is 0 Å². The Balaban J connectivity index is 2.91. The van der Waals surface area contributed by atoms with Crippen molar-refractivity contribution >= 4 is 5.91 Å². The molecule has 11 heavy (non-hydrogen) atoms. The lowest BCUT2D eigenvalue weighted by Crippen LogP contribution is -2.11. The fourth-order valence-electron chi connectivity index (χ4n) is 0.664. The van der Waals surface area contributed by atoms with Gasteiger partial charge >= 0.3 is 0 Å². The number of pyridine rings is 1. The topological polar surface area (TPSA) is 76.2 Å². The molecule has 1 rings (SSSR count). The van der Waals surface area contributed by atoms with Gasteiger partial charge in [0.1, 0.15) is 0 Å². The van der Waals surface area contributed by atoms with Gasteiger partial charge in [0.05, 0.1) is 17.9 Å². The van der Waals surface area contributed by atoms with E-state index >= 15 is 0 Å². The van der Waals surface area contributed by atoms with E-state index in [1.807, 2.05) is 0 Å². The number of hydrogen-bond acceptors (Lipinski definition) is 3. The van der Waals surface area contributed by atoms with E-state index in [-0.39, 0.29) is 6.61 Å². The number of amides is 1. The van der Waals surface area contributed by atoms with Crippen molar-refractivity contribution in [3.8, 4) is 0 Å². The van der Waals surface area contributed by atoms with E-state index in [2.05, 4.69) is 4.98 Å². The molecule has 1 aromatic rings. The van der Waals surface area contributed by atoms with Crippen LogP contribution in [0.25, 0.3) is 0 Å². The quantitative estimate of drug-likeness (QED) is 0.609. The number of aliphatic hydroxyl groups is 1. The van der Waals surface area contributed by atoms with Crippen LogP contribution in [0.5, 0.6) is 0 Å². The van der Waals surface area contributed by atoms with Crippen molar-refractivity contribution in [2.45, 2.75) is 6.61 Å². The lowest BCUT2D eigenvalue weighted by atomic mass is 10.2. The molecule has 4 heteroatoms. The zero-order valence-corrected chi connectivity index (χ0v) is 5.82. The van der Waals surface area contributed by atoms with Gasteiger partial charge in [0.15, 0.2) is 0 Å². The first-order valence-corrected chi connectivity index (χ1v) is 3.09. The summed E-state index contributed by atoms with van der Waals surface area (Å²) in [6, 6.07) is 3.08. The first-order chi connectivity index (χ1) is 5.24. The Morgan fingerprint density at radius 3 is 2.73 bits per heavy atom. The predicted octanol–water partition coefficient (Wildman–Crippen LogP) is -0.327.